The lowest BCUT2D eigenvalue weighted by Gasteiger charge is -2.31. The zero-order valence-electron chi connectivity index (χ0n) is 21.0. The summed E-state index contributed by atoms with van der Waals surface area (Å²) in [5.41, 5.74) is 1.13. The molecule has 3 heterocycles. The van der Waals surface area contributed by atoms with Gasteiger partial charge in [-0.1, -0.05) is 31.4 Å². The van der Waals surface area contributed by atoms with Crippen LogP contribution in [-0.2, 0) is 29.1 Å². The Morgan fingerprint density at radius 3 is 2.69 bits per heavy atom. The fourth-order valence-corrected chi connectivity index (χ4v) is 5.27. The highest BCUT2D eigenvalue weighted by Crippen LogP contribution is 2.30. The number of nitrogens with one attached hydrogen (secondary N) is 1. The molecule has 1 saturated carbocycles. The summed E-state index contributed by atoms with van der Waals surface area (Å²) in [6.45, 7) is 4.04. The molecule has 1 amide bonds. The van der Waals surface area contributed by atoms with E-state index in [0.29, 0.717) is 29.9 Å². The van der Waals surface area contributed by atoms with Gasteiger partial charge in [-0.25, -0.2) is 9.78 Å². The van der Waals surface area contributed by atoms with Crippen molar-refractivity contribution in [3.63, 3.8) is 0 Å². The Labute approximate surface area is 209 Å². The Kier molecular flexibility index (Phi) is 6.42. The van der Waals surface area contributed by atoms with Gasteiger partial charge in [-0.05, 0) is 44.9 Å². The number of ether oxygens (including phenoxy) is 2. The zero-order chi connectivity index (χ0) is 25.4. The summed E-state index contributed by atoms with van der Waals surface area (Å²) in [6.07, 6.45) is 5.11. The summed E-state index contributed by atoms with van der Waals surface area (Å²) >= 11 is 0. The van der Waals surface area contributed by atoms with Crippen LogP contribution in [0.1, 0.15) is 63.3 Å². The maximum absolute atomic E-state index is 13.8. The molecule has 0 atom stereocenters. The molecule has 36 heavy (non-hydrogen) atoms. The van der Waals surface area contributed by atoms with Gasteiger partial charge in [0.15, 0.2) is 0 Å². The van der Waals surface area contributed by atoms with E-state index < -0.39 is 17.2 Å². The van der Waals surface area contributed by atoms with Gasteiger partial charge in [-0.15, -0.1) is 0 Å². The third-order valence-electron chi connectivity index (χ3n) is 7.15. The molecule has 1 aliphatic heterocycles. The van der Waals surface area contributed by atoms with Gasteiger partial charge in [0.2, 0.25) is 5.91 Å². The number of carbonyl (C=O) groups excluding carboxylic acids is 1. The molecule has 1 fully saturated rings. The molecule has 5 rings (SSSR count). The van der Waals surface area contributed by atoms with E-state index in [4.69, 9.17) is 14.5 Å². The first kappa shape index (κ1) is 24.2. The average molecular weight is 493 g/mol. The topological polar surface area (TPSA) is 104 Å². The van der Waals surface area contributed by atoms with Crippen molar-refractivity contribution in [2.75, 3.05) is 12.4 Å². The third-order valence-corrected chi connectivity index (χ3v) is 7.15. The van der Waals surface area contributed by atoms with E-state index in [1.807, 2.05) is 19.9 Å². The van der Waals surface area contributed by atoms with Crippen molar-refractivity contribution in [3.05, 3.63) is 62.4 Å². The summed E-state index contributed by atoms with van der Waals surface area (Å²) in [6, 6.07) is 8.70. The molecule has 2 aromatic heterocycles. The molecule has 0 bridgehead atoms. The second kappa shape index (κ2) is 9.54. The largest absolute Gasteiger partial charge is 0.495 e. The van der Waals surface area contributed by atoms with Gasteiger partial charge in [0.25, 0.3) is 5.56 Å². The predicted molar refractivity (Wildman–Crippen MR) is 137 cm³/mol. The number of anilines is 1. The molecule has 3 aromatic rings. The van der Waals surface area contributed by atoms with Gasteiger partial charge in [0, 0.05) is 18.0 Å². The highest BCUT2D eigenvalue weighted by atomic mass is 16.5. The summed E-state index contributed by atoms with van der Waals surface area (Å²) in [5, 5.41) is 3.17. The number of para-hydroxylation sites is 2. The van der Waals surface area contributed by atoms with Crippen molar-refractivity contribution < 1.29 is 14.3 Å². The Morgan fingerprint density at radius 2 is 1.94 bits per heavy atom. The molecule has 0 unspecified atom stereocenters. The fourth-order valence-electron chi connectivity index (χ4n) is 5.27. The first-order valence-electron chi connectivity index (χ1n) is 12.5. The van der Waals surface area contributed by atoms with Crippen LogP contribution in [0.25, 0.3) is 11.0 Å². The number of aromatic nitrogens is 3. The van der Waals surface area contributed by atoms with Crippen LogP contribution in [0, 0.1) is 0 Å². The number of hydrogen-bond acceptors (Lipinski definition) is 6. The number of hydrogen-bond donors (Lipinski definition) is 1. The second-order valence-corrected chi connectivity index (χ2v) is 10.3. The number of nitrogens with zero attached hydrogens (tertiary/aromatic N) is 3. The number of rotatable bonds is 5. The summed E-state index contributed by atoms with van der Waals surface area (Å²) in [7, 11) is 1.53. The van der Waals surface area contributed by atoms with E-state index in [0.717, 1.165) is 43.4 Å². The number of amides is 1. The monoisotopic (exact) mass is 492 g/mol. The molecule has 0 spiro atoms. The Morgan fingerprint density at radius 1 is 1.19 bits per heavy atom. The minimum Gasteiger partial charge on any atom is -0.495 e. The van der Waals surface area contributed by atoms with Crippen molar-refractivity contribution >= 4 is 22.6 Å². The molecule has 2 aliphatic rings. The first-order chi connectivity index (χ1) is 17.3. The van der Waals surface area contributed by atoms with Crippen LogP contribution in [0.5, 0.6) is 5.75 Å². The Balaban J connectivity index is 1.63. The molecule has 0 radical (unpaired) electrons. The minimum absolute atomic E-state index is 0.183. The first-order valence-corrected chi connectivity index (χ1v) is 12.5. The highest BCUT2D eigenvalue weighted by Gasteiger charge is 2.30. The molecule has 1 aromatic carbocycles. The summed E-state index contributed by atoms with van der Waals surface area (Å²) in [5.74, 6) is 0.115. The van der Waals surface area contributed by atoms with Crippen LogP contribution < -0.4 is 21.3 Å². The maximum Gasteiger partial charge on any atom is 0.333 e. The molecular formula is C27H32N4O5. The van der Waals surface area contributed by atoms with Crippen LogP contribution in [-0.4, -0.2) is 32.7 Å². The quantitative estimate of drug-likeness (QED) is 0.584. The van der Waals surface area contributed by atoms with Gasteiger partial charge in [-0.2, -0.15) is 0 Å². The Hall–Kier alpha value is -3.46. The number of fused-ring (bicyclic) bond motifs is 2. The van der Waals surface area contributed by atoms with Gasteiger partial charge >= 0.3 is 5.69 Å². The Bertz CT molecular complexity index is 1430. The van der Waals surface area contributed by atoms with Crippen molar-refractivity contribution in [1.29, 1.82) is 0 Å². The van der Waals surface area contributed by atoms with E-state index in [9.17, 15) is 14.4 Å². The van der Waals surface area contributed by atoms with Crippen LogP contribution in [0.2, 0.25) is 0 Å². The van der Waals surface area contributed by atoms with Crippen LogP contribution >= 0.6 is 0 Å². The lowest BCUT2D eigenvalue weighted by molar-refractivity contribution is -0.116. The van der Waals surface area contributed by atoms with Gasteiger partial charge in [-0.3, -0.25) is 18.7 Å². The predicted octanol–water partition coefficient (Wildman–Crippen LogP) is 3.56. The molecule has 1 aliphatic carbocycles. The number of benzene rings is 1. The number of carbonyl (C=O) groups is 1. The maximum atomic E-state index is 13.8. The van der Waals surface area contributed by atoms with E-state index in [1.54, 1.807) is 24.3 Å². The minimum atomic E-state index is -0.492. The second-order valence-electron chi connectivity index (χ2n) is 10.3. The molecule has 190 valence electrons. The van der Waals surface area contributed by atoms with Crippen molar-refractivity contribution in [3.8, 4) is 5.75 Å². The highest BCUT2D eigenvalue weighted by molar-refractivity contribution is 5.92. The van der Waals surface area contributed by atoms with Gasteiger partial charge in [0.1, 0.15) is 17.9 Å². The number of methoxy groups -OCH3 is 1. The fraction of sp³-hybridized carbons (Fsp3) is 0.481. The van der Waals surface area contributed by atoms with Crippen molar-refractivity contribution in [1.82, 2.24) is 14.1 Å². The van der Waals surface area contributed by atoms with Gasteiger partial charge in [0.05, 0.1) is 36.1 Å². The molecule has 1 N–H and O–H groups in total. The van der Waals surface area contributed by atoms with E-state index >= 15 is 0 Å². The van der Waals surface area contributed by atoms with Crippen LogP contribution in [0.4, 0.5) is 5.69 Å². The molecule has 9 nitrogen and oxygen atoms in total. The number of pyridine rings is 1. The lowest BCUT2D eigenvalue weighted by Crippen LogP contribution is -2.44. The molecular weight excluding hydrogens is 460 g/mol. The average Bonchev–Trinajstić information content (AvgIpc) is 2.86. The normalized spacial score (nSPS) is 17.5. The van der Waals surface area contributed by atoms with E-state index in [2.05, 4.69) is 5.32 Å². The summed E-state index contributed by atoms with van der Waals surface area (Å²) in [4.78, 5) is 45.3. The SMILES string of the molecule is COc1ccccc1NC(=O)Cn1c(=O)n(C2CCCCC2)c(=O)c2cc3c(nc21)CC(C)(C)OC3. The van der Waals surface area contributed by atoms with Crippen LogP contribution in [0.3, 0.4) is 0 Å². The van der Waals surface area contributed by atoms with Crippen molar-refractivity contribution in [2.24, 2.45) is 0 Å². The third kappa shape index (κ3) is 4.55. The van der Waals surface area contributed by atoms with E-state index in [-0.39, 0.29) is 23.8 Å². The lowest BCUT2D eigenvalue weighted by atomic mass is 9.94. The zero-order valence-corrected chi connectivity index (χ0v) is 21.0. The van der Waals surface area contributed by atoms with E-state index in [1.165, 1.54) is 16.2 Å². The van der Waals surface area contributed by atoms with Crippen LogP contribution in [0.15, 0.2) is 39.9 Å². The molecule has 0 saturated heterocycles. The molecule has 9 heteroatoms. The van der Waals surface area contributed by atoms with Crippen molar-refractivity contribution in [2.45, 2.75) is 77.2 Å². The smallest absolute Gasteiger partial charge is 0.333 e. The standard InChI is InChI=1S/C27H32N4O5/c1-27(2)14-21-17(16-36-27)13-19-24(29-21)30(15-23(32)28-20-11-7-8-12-22(20)35-3)26(34)31(25(19)33)18-9-5-4-6-10-18/h7-8,11-13,18H,4-6,9-10,14-16H2,1-3H3,(H,28,32). The summed E-state index contributed by atoms with van der Waals surface area (Å²) < 4.78 is 14.0. The van der Waals surface area contributed by atoms with Gasteiger partial charge < -0.3 is 14.8 Å².